The van der Waals surface area contributed by atoms with Crippen LogP contribution in [-0.2, 0) is 4.79 Å². The zero-order valence-electron chi connectivity index (χ0n) is 14.9. The zero-order chi connectivity index (χ0) is 19.0. The second-order valence-corrected chi connectivity index (χ2v) is 7.04. The van der Waals surface area contributed by atoms with Gasteiger partial charge in [0, 0.05) is 18.0 Å². The topological polar surface area (TPSA) is 86.4 Å². The van der Waals surface area contributed by atoms with Gasteiger partial charge in [0.1, 0.15) is 11.4 Å². The van der Waals surface area contributed by atoms with Crippen LogP contribution in [0, 0.1) is 17.2 Å². The predicted molar refractivity (Wildman–Crippen MR) is 100 cm³/mol. The molecule has 1 aliphatic carbocycles. The van der Waals surface area contributed by atoms with E-state index in [0.29, 0.717) is 11.1 Å². The fraction of sp³-hybridized carbons (Fsp3) is 0.286. The van der Waals surface area contributed by atoms with Gasteiger partial charge in [-0.05, 0) is 49.4 Å². The second-order valence-electron chi connectivity index (χ2n) is 7.04. The average Bonchev–Trinajstić information content (AvgIpc) is 3.54. The minimum absolute atomic E-state index is 0.223. The summed E-state index contributed by atoms with van der Waals surface area (Å²) in [6.07, 6.45) is 5.01. The minimum Gasteiger partial charge on any atom is -0.275 e. The first kappa shape index (κ1) is 17.1. The van der Waals surface area contributed by atoms with Crippen LogP contribution in [0.25, 0.3) is 0 Å². The van der Waals surface area contributed by atoms with Crippen molar-refractivity contribution in [2.75, 3.05) is 4.90 Å². The van der Waals surface area contributed by atoms with Crippen LogP contribution in [0.15, 0.2) is 53.7 Å². The minimum atomic E-state index is -0.841. The van der Waals surface area contributed by atoms with Crippen LogP contribution in [0.4, 0.5) is 5.82 Å². The molecule has 134 valence electrons. The van der Waals surface area contributed by atoms with E-state index in [1.165, 1.54) is 6.21 Å². The van der Waals surface area contributed by atoms with Gasteiger partial charge in [-0.3, -0.25) is 14.6 Å². The number of hydrogen-bond donors (Lipinski definition) is 0. The summed E-state index contributed by atoms with van der Waals surface area (Å²) in [5, 5.41) is 9.54. The number of imide groups is 1. The van der Waals surface area contributed by atoms with Gasteiger partial charge in [-0.2, -0.15) is 5.26 Å². The molecule has 2 aliphatic rings. The molecule has 1 aromatic carbocycles. The fourth-order valence-electron chi connectivity index (χ4n) is 3.40. The molecule has 2 atom stereocenters. The first-order chi connectivity index (χ1) is 13.0. The maximum Gasteiger partial charge on any atom is 0.266 e. The third kappa shape index (κ3) is 2.91. The van der Waals surface area contributed by atoms with Crippen molar-refractivity contribution in [1.82, 2.24) is 4.98 Å². The van der Waals surface area contributed by atoms with E-state index in [-0.39, 0.29) is 11.7 Å². The van der Waals surface area contributed by atoms with E-state index in [2.05, 4.69) is 16.0 Å². The lowest BCUT2D eigenvalue weighted by molar-refractivity contribution is -0.118. The Hall–Kier alpha value is -3.33. The molecule has 1 unspecified atom stereocenters. The molecule has 1 aromatic heterocycles. The summed E-state index contributed by atoms with van der Waals surface area (Å²) in [5.74, 6) is -1.03. The first-order valence-corrected chi connectivity index (χ1v) is 8.90. The predicted octanol–water partition coefficient (Wildman–Crippen LogP) is 3.12. The summed E-state index contributed by atoms with van der Waals surface area (Å²) in [7, 11) is 0. The van der Waals surface area contributed by atoms with Crippen molar-refractivity contribution in [3.8, 4) is 6.07 Å². The number of fused-ring (bicyclic) bond motifs is 1. The number of aliphatic imine (C=N–C) groups is 1. The molecule has 0 N–H and O–H groups in total. The van der Waals surface area contributed by atoms with E-state index in [1.54, 1.807) is 55.6 Å². The van der Waals surface area contributed by atoms with Gasteiger partial charge >= 0.3 is 0 Å². The van der Waals surface area contributed by atoms with Crippen molar-refractivity contribution < 1.29 is 9.59 Å². The number of nitriles is 1. The number of nitrogens with zero attached hydrogens (tertiary/aromatic N) is 4. The number of hydrogen-bond acceptors (Lipinski definition) is 5. The number of rotatable bonds is 4. The van der Waals surface area contributed by atoms with E-state index in [9.17, 15) is 14.9 Å². The van der Waals surface area contributed by atoms with Gasteiger partial charge in [0.15, 0.2) is 0 Å². The van der Waals surface area contributed by atoms with Crippen LogP contribution in [0.3, 0.4) is 0 Å². The standard InChI is InChI=1S/C21H18N4O2/c1-21(13-22,14-9-10-14)24-12-17-15-6-2-3-7-16(15)19(26)25(20(17)27)18-8-4-5-11-23-18/h2-8,11-12,14,17H,9-10H2,1H3/t17?,21-/m0/s1. The van der Waals surface area contributed by atoms with E-state index in [0.717, 1.165) is 17.7 Å². The fourth-order valence-corrected chi connectivity index (χ4v) is 3.40. The average molecular weight is 358 g/mol. The number of carbonyl (C=O) groups excluding carboxylic acids is 2. The number of aromatic nitrogens is 1. The monoisotopic (exact) mass is 358 g/mol. The van der Waals surface area contributed by atoms with Crippen molar-refractivity contribution in [2.45, 2.75) is 31.2 Å². The summed E-state index contributed by atoms with van der Waals surface area (Å²) in [6, 6.07) is 14.4. The second kappa shape index (κ2) is 6.44. The lowest BCUT2D eigenvalue weighted by Crippen LogP contribution is -2.46. The van der Waals surface area contributed by atoms with Gasteiger partial charge in [-0.15, -0.1) is 0 Å². The van der Waals surface area contributed by atoms with Gasteiger partial charge in [-0.25, -0.2) is 9.88 Å². The first-order valence-electron chi connectivity index (χ1n) is 8.90. The normalized spacial score (nSPS) is 21.6. The van der Waals surface area contributed by atoms with Gasteiger partial charge in [-0.1, -0.05) is 24.3 Å². The van der Waals surface area contributed by atoms with Crippen molar-refractivity contribution >= 4 is 23.8 Å². The van der Waals surface area contributed by atoms with Gasteiger partial charge < -0.3 is 0 Å². The lowest BCUT2D eigenvalue weighted by atomic mass is 9.88. The van der Waals surface area contributed by atoms with Crippen molar-refractivity contribution in [1.29, 1.82) is 5.26 Å². The van der Waals surface area contributed by atoms with Crippen LogP contribution < -0.4 is 4.90 Å². The molecule has 1 fully saturated rings. The van der Waals surface area contributed by atoms with Crippen molar-refractivity contribution in [3.05, 3.63) is 59.8 Å². The third-order valence-corrected chi connectivity index (χ3v) is 5.18. The van der Waals surface area contributed by atoms with Crippen LogP contribution >= 0.6 is 0 Å². The number of pyridine rings is 1. The van der Waals surface area contributed by atoms with E-state index >= 15 is 0 Å². The molecule has 0 spiro atoms. The molecule has 2 amide bonds. The van der Waals surface area contributed by atoms with Crippen LogP contribution in [-0.4, -0.2) is 28.6 Å². The Bertz CT molecular complexity index is 975. The van der Waals surface area contributed by atoms with E-state index < -0.39 is 23.3 Å². The smallest absolute Gasteiger partial charge is 0.266 e. The molecule has 2 aromatic rings. The third-order valence-electron chi connectivity index (χ3n) is 5.18. The summed E-state index contributed by atoms with van der Waals surface area (Å²) in [5.41, 5.74) is 0.218. The molecule has 2 heterocycles. The largest absolute Gasteiger partial charge is 0.275 e. The highest BCUT2D eigenvalue weighted by molar-refractivity contribution is 6.28. The van der Waals surface area contributed by atoms with Crippen molar-refractivity contribution in [3.63, 3.8) is 0 Å². The molecule has 0 bridgehead atoms. The molecule has 6 heteroatoms. The van der Waals surface area contributed by atoms with Gasteiger partial charge in [0.05, 0.1) is 12.0 Å². The Labute approximate surface area is 157 Å². The highest BCUT2D eigenvalue weighted by atomic mass is 16.2. The van der Waals surface area contributed by atoms with Gasteiger partial charge in [0.2, 0.25) is 5.91 Å². The van der Waals surface area contributed by atoms with Crippen LogP contribution in [0.5, 0.6) is 0 Å². The number of amides is 2. The van der Waals surface area contributed by atoms with Gasteiger partial charge in [0.25, 0.3) is 5.91 Å². The molecule has 1 aliphatic heterocycles. The zero-order valence-corrected chi connectivity index (χ0v) is 14.9. The summed E-state index contributed by atoms with van der Waals surface area (Å²) in [6.45, 7) is 1.79. The van der Waals surface area contributed by atoms with Crippen LogP contribution in [0.1, 0.15) is 41.6 Å². The Morgan fingerprint density at radius 2 is 1.96 bits per heavy atom. The Morgan fingerprint density at radius 1 is 1.22 bits per heavy atom. The molecular weight excluding hydrogens is 340 g/mol. The maximum atomic E-state index is 13.2. The molecule has 0 saturated heterocycles. The molecule has 27 heavy (non-hydrogen) atoms. The van der Waals surface area contributed by atoms with Crippen molar-refractivity contribution in [2.24, 2.45) is 10.9 Å². The summed E-state index contributed by atoms with van der Waals surface area (Å²) >= 11 is 0. The summed E-state index contributed by atoms with van der Waals surface area (Å²) < 4.78 is 0. The van der Waals surface area contributed by atoms with E-state index in [4.69, 9.17) is 0 Å². The molecule has 0 radical (unpaired) electrons. The number of benzene rings is 1. The highest BCUT2D eigenvalue weighted by Gasteiger charge is 2.43. The Balaban J connectivity index is 1.78. The molecular formula is C21H18N4O2. The quantitative estimate of drug-likeness (QED) is 0.621. The molecule has 1 saturated carbocycles. The SMILES string of the molecule is C[C@@](C#N)(N=CC1C(=O)N(c2ccccn2)C(=O)c2ccccc21)C1CC1. The van der Waals surface area contributed by atoms with Crippen LogP contribution in [0.2, 0.25) is 0 Å². The number of carbonyl (C=O) groups is 2. The molecule has 4 rings (SSSR count). The summed E-state index contributed by atoms with van der Waals surface area (Å²) in [4.78, 5) is 35.9. The lowest BCUT2D eigenvalue weighted by Gasteiger charge is -2.30. The maximum absolute atomic E-state index is 13.2. The number of anilines is 1. The Kier molecular flexibility index (Phi) is 4.08. The highest BCUT2D eigenvalue weighted by Crippen LogP contribution is 2.42. The Morgan fingerprint density at radius 3 is 2.63 bits per heavy atom. The molecule has 6 nitrogen and oxygen atoms in total. The van der Waals surface area contributed by atoms with E-state index in [1.807, 2.05) is 0 Å².